The Kier molecular flexibility index (Phi) is 2.09. The van der Waals surface area contributed by atoms with Crippen molar-refractivity contribution in [1.29, 1.82) is 0 Å². The van der Waals surface area contributed by atoms with Crippen LogP contribution in [0, 0.1) is 5.41 Å². The van der Waals surface area contributed by atoms with Crippen LogP contribution in [0.5, 0.6) is 0 Å². The van der Waals surface area contributed by atoms with E-state index in [2.05, 4.69) is 0 Å². The fourth-order valence-corrected chi connectivity index (χ4v) is 1.35. The third kappa shape index (κ3) is 1.37. The van der Waals surface area contributed by atoms with E-state index in [4.69, 9.17) is 5.11 Å². The van der Waals surface area contributed by atoms with Gasteiger partial charge in [-0.05, 0) is 32.6 Å². The van der Waals surface area contributed by atoms with Crippen molar-refractivity contribution < 1.29 is 9.90 Å². The number of aliphatic hydroxyl groups excluding tert-OH is 1. The minimum Gasteiger partial charge on any atom is -0.396 e. The summed E-state index contributed by atoms with van der Waals surface area (Å²) in [6.07, 6.45) is 3.75. The molecule has 0 spiro atoms. The topological polar surface area (TPSA) is 37.3 Å². The lowest BCUT2D eigenvalue weighted by Gasteiger charge is -2.08. The van der Waals surface area contributed by atoms with Crippen LogP contribution in [-0.2, 0) is 4.79 Å². The zero-order valence-electron chi connectivity index (χ0n) is 6.39. The molecule has 0 bridgehead atoms. The van der Waals surface area contributed by atoms with Crippen LogP contribution in [0.2, 0.25) is 0 Å². The molecule has 0 radical (unpaired) electrons. The predicted octanol–water partition coefficient (Wildman–Crippen LogP) is 1.13. The molecule has 0 saturated heterocycles. The molecule has 0 aromatic rings. The van der Waals surface area contributed by atoms with Gasteiger partial charge in [0.25, 0.3) is 0 Å². The molecule has 0 unspecified atom stereocenters. The van der Waals surface area contributed by atoms with E-state index >= 15 is 0 Å². The first-order chi connectivity index (χ1) is 4.71. The van der Waals surface area contributed by atoms with Crippen molar-refractivity contribution in [3.8, 4) is 0 Å². The first-order valence-electron chi connectivity index (χ1n) is 3.83. The third-order valence-electron chi connectivity index (χ3n) is 2.41. The second-order valence-electron chi connectivity index (χ2n) is 3.16. The van der Waals surface area contributed by atoms with Gasteiger partial charge in [-0.3, -0.25) is 4.79 Å². The van der Waals surface area contributed by atoms with E-state index in [1.54, 1.807) is 6.92 Å². The van der Waals surface area contributed by atoms with Crippen LogP contribution in [0.15, 0.2) is 0 Å². The van der Waals surface area contributed by atoms with Crippen molar-refractivity contribution >= 4 is 5.78 Å². The monoisotopic (exact) mass is 142 g/mol. The molecule has 2 nitrogen and oxygen atoms in total. The Bertz CT molecular complexity index is 136. The Morgan fingerprint density at radius 3 is 2.50 bits per heavy atom. The largest absolute Gasteiger partial charge is 0.396 e. The zero-order valence-corrected chi connectivity index (χ0v) is 6.39. The summed E-state index contributed by atoms with van der Waals surface area (Å²) in [6.45, 7) is 1.87. The van der Waals surface area contributed by atoms with E-state index in [-0.39, 0.29) is 12.0 Å². The van der Waals surface area contributed by atoms with Crippen LogP contribution in [0.4, 0.5) is 0 Å². The number of ketones is 1. The summed E-state index contributed by atoms with van der Waals surface area (Å²) in [5.74, 6) is 0.306. The van der Waals surface area contributed by atoms with Gasteiger partial charge in [0, 0.05) is 12.0 Å². The van der Waals surface area contributed by atoms with Gasteiger partial charge in [0.1, 0.15) is 5.78 Å². The average molecular weight is 142 g/mol. The molecular weight excluding hydrogens is 128 g/mol. The Morgan fingerprint density at radius 1 is 1.60 bits per heavy atom. The summed E-state index contributed by atoms with van der Waals surface area (Å²) in [5, 5.41) is 8.53. The van der Waals surface area contributed by atoms with Crippen molar-refractivity contribution in [2.45, 2.75) is 32.6 Å². The van der Waals surface area contributed by atoms with E-state index < -0.39 is 0 Å². The molecular formula is C8H14O2. The SMILES string of the molecule is CC(=O)C1(CCCO)CC1. The van der Waals surface area contributed by atoms with Gasteiger partial charge in [0.2, 0.25) is 0 Å². The molecule has 1 saturated carbocycles. The van der Waals surface area contributed by atoms with E-state index in [0.29, 0.717) is 5.78 Å². The van der Waals surface area contributed by atoms with Crippen LogP contribution in [0.1, 0.15) is 32.6 Å². The first-order valence-corrected chi connectivity index (χ1v) is 3.83. The number of Topliss-reactive ketones (excluding diaryl/α,β-unsaturated/α-hetero) is 1. The van der Waals surface area contributed by atoms with Gasteiger partial charge >= 0.3 is 0 Å². The molecule has 0 heterocycles. The number of aliphatic hydroxyl groups is 1. The summed E-state index contributed by atoms with van der Waals surface area (Å²) in [5.41, 5.74) is 0.00271. The van der Waals surface area contributed by atoms with Gasteiger partial charge < -0.3 is 5.11 Å². The summed E-state index contributed by atoms with van der Waals surface area (Å²) in [4.78, 5) is 11.0. The summed E-state index contributed by atoms with van der Waals surface area (Å²) >= 11 is 0. The van der Waals surface area contributed by atoms with Gasteiger partial charge in [-0.2, -0.15) is 0 Å². The maximum absolute atomic E-state index is 11.0. The van der Waals surface area contributed by atoms with Gasteiger partial charge in [-0.15, -0.1) is 0 Å². The fourth-order valence-electron chi connectivity index (χ4n) is 1.35. The Labute approximate surface area is 61.2 Å². The van der Waals surface area contributed by atoms with E-state index in [1.165, 1.54) is 0 Å². The van der Waals surface area contributed by atoms with Crippen LogP contribution in [0.25, 0.3) is 0 Å². The smallest absolute Gasteiger partial charge is 0.135 e. The number of carbonyl (C=O) groups excluding carboxylic acids is 1. The van der Waals surface area contributed by atoms with Crippen molar-refractivity contribution in [2.24, 2.45) is 5.41 Å². The number of hydrogen-bond donors (Lipinski definition) is 1. The lowest BCUT2D eigenvalue weighted by atomic mass is 9.96. The molecule has 10 heavy (non-hydrogen) atoms. The highest BCUT2D eigenvalue weighted by molar-refractivity contribution is 5.84. The molecule has 0 amide bonds. The maximum Gasteiger partial charge on any atom is 0.135 e. The normalized spacial score (nSPS) is 20.6. The molecule has 0 aromatic carbocycles. The van der Waals surface area contributed by atoms with Crippen LogP contribution >= 0.6 is 0 Å². The van der Waals surface area contributed by atoms with Gasteiger partial charge in [-0.25, -0.2) is 0 Å². The summed E-state index contributed by atoms with van der Waals surface area (Å²) < 4.78 is 0. The first kappa shape index (κ1) is 7.73. The fraction of sp³-hybridized carbons (Fsp3) is 0.875. The van der Waals surface area contributed by atoms with E-state index in [9.17, 15) is 4.79 Å². The van der Waals surface area contributed by atoms with Crippen LogP contribution < -0.4 is 0 Å². The second kappa shape index (κ2) is 2.70. The van der Waals surface area contributed by atoms with Crippen molar-refractivity contribution in [1.82, 2.24) is 0 Å². The number of carbonyl (C=O) groups is 1. The third-order valence-corrected chi connectivity index (χ3v) is 2.41. The minimum absolute atomic E-state index is 0.00271. The molecule has 58 valence electrons. The Hall–Kier alpha value is -0.370. The van der Waals surface area contributed by atoms with Crippen molar-refractivity contribution in [2.75, 3.05) is 6.61 Å². The Morgan fingerprint density at radius 2 is 2.20 bits per heavy atom. The highest BCUT2D eigenvalue weighted by atomic mass is 16.3. The summed E-state index contributed by atoms with van der Waals surface area (Å²) in [6, 6.07) is 0. The van der Waals surface area contributed by atoms with E-state index in [1.807, 2.05) is 0 Å². The minimum atomic E-state index is 0.00271. The number of hydrogen-bond acceptors (Lipinski definition) is 2. The molecule has 1 fully saturated rings. The molecule has 1 aliphatic rings. The molecule has 0 atom stereocenters. The van der Waals surface area contributed by atoms with Crippen LogP contribution in [-0.4, -0.2) is 17.5 Å². The molecule has 0 aliphatic heterocycles. The highest BCUT2D eigenvalue weighted by Gasteiger charge is 2.45. The molecule has 1 aliphatic carbocycles. The van der Waals surface area contributed by atoms with Crippen molar-refractivity contribution in [3.63, 3.8) is 0 Å². The van der Waals surface area contributed by atoms with Gasteiger partial charge in [0.15, 0.2) is 0 Å². The van der Waals surface area contributed by atoms with Gasteiger partial charge in [0.05, 0.1) is 0 Å². The second-order valence-corrected chi connectivity index (χ2v) is 3.16. The molecule has 1 N–H and O–H groups in total. The lowest BCUT2D eigenvalue weighted by Crippen LogP contribution is -2.11. The van der Waals surface area contributed by atoms with E-state index in [0.717, 1.165) is 25.7 Å². The standard InChI is InChI=1S/C8H14O2/c1-7(10)8(4-5-8)3-2-6-9/h9H,2-6H2,1H3. The van der Waals surface area contributed by atoms with Crippen molar-refractivity contribution in [3.05, 3.63) is 0 Å². The predicted molar refractivity (Wildman–Crippen MR) is 38.7 cm³/mol. The zero-order chi connectivity index (χ0) is 7.61. The molecule has 0 aromatic heterocycles. The van der Waals surface area contributed by atoms with Crippen LogP contribution in [0.3, 0.4) is 0 Å². The maximum atomic E-state index is 11.0. The van der Waals surface area contributed by atoms with Gasteiger partial charge in [-0.1, -0.05) is 0 Å². The number of rotatable bonds is 4. The quantitative estimate of drug-likeness (QED) is 0.638. The summed E-state index contributed by atoms with van der Waals surface area (Å²) in [7, 11) is 0. The Balaban J connectivity index is 2.31. The average Bonchev–Trinajstić information content (AvgIpc) is 2.64. The molecule has 2 heteroatoms. The molecule has 1 rings (SSSR count). The highest BCUT2D eigenvalue weighted by Crippen LogP contribution is 2.50. The lowest BCUT2D eigenvalue weighted by molar-refractivity contribution is -0.122.